The summed E-state index contributed by atoms with van der Waals surface area (Å²) in [5, 5.41) is 11.2. The number of anilines is 1. The Morgan fingerprint density at radius 2 is 1.71 bits per heavy atom. The van der Waals surface area contributed by atoms with Crippen molar-refractivity contribution in [2.45, 2.75) is 26.8 Å². The van der Waals surface area contributed by atoms with Gasteiger partial charge in [0.1, 0.15) is 29.1 Å². The average molecular weight is 417 g/mol. The molecule has 0 spiro atoms. The van der Waals surface area contributed by atoms with Crippen molar-refractivity contribution in [3.05, 3.63) is 88.4 Å². The largest absolute Gasteiger partial charge is 0.507 e. The fourth-order valence-corrected chi connectivity index (χ4v) is 3.85. The number of amides is 1. The zero-order chi connectivity index (χ0) is 22.3. The number of ketones is 1. The molecule has 1 aliphatic heterocycles. The van der Waals surface area contributed by atoms with Gasteiger partial charge in [-0.3, -0.25) is 14.5 Å². The highest BCUT2D eigenvalue weighted by Gasteiger charge is 2.48. The Kier molecular flexibility index (Phi) is 5.15. The molecule has 1 N–H and O–H groups in total. The minimum absolute atomic E-state index is 0.00358. The standard InChI is InChI=1S/C25H23NO5/c1-14-5-6-15(2)19(13-14)23(27)21-22(20-12-7-16(3)31-20)26(25(29)24(21)28)17-8-10-18(30-4)11-9-17/h5-13,22,27H,1-4H3/b23-21+. The fraction of sp³-hybridized carbons (Fsp3) is 0.200. The predicted octanol–water partition coefficient (Wildman–Crippen LogP) is 4.84. The Labute approximate surface area is 180 Å². The molecule has 31 heavy (non-hydrogen) atoms. The lowest BCUT2D eigenvalue weighted by molar-refractivity contribution is -0.132. The van der Waals surface area contributed by atoms with E-state index in [2.05, 4.69) is 0 Å². The van der Waals surface area contributed by atoms with Crippen LogP contribution in [-0.2, 0) is 9.59 Å². The van der Waals surface area contributed by atoms with E-state index in [4.69, 9.17) is 9.15 Å². The quantitative estimate of drug-likeness (QED) is 0.373. The van der Waals surface area contributed by atoms with Crippen LogP contribution in [0.3, 0.4) is 0 Å². The smallest absolute Gasteiger partial charge is 0.300 e. The maximum absolute atomic E-state index is 13.1. The molecule has 1 aromatic heterocycles. The number of aryl methyl sites for hydroxylation is 3. The maximum Gasteiger partial charge on any atom is 0.300 e. The van der Waals surface area contributed by atoms with Crippen LogP contribution >= 0.6 is 0 Å². The predicted molar refractivity (Wildman–Crippen MR) is 117 cm³/mol. The number of aliphatic hydroxyl groups is 1. The van der Waals surface area contributed by atoms with E-state index in [0.29, 0.717) is 28.5 Å². The molecule has 158 valence electrons. The minimum atomic E-state index is -0.887. The van der Waals surface area contributed by atoms with Gasteiger partial charge in [0.15, 0.2) is 0 Å². The van der Waals surface area contributed by atoms with Gasteiger partial charge < -0.3 is 14.3 Å². The van der Waals surface area contributed by atoms with E-state index in [-0.39, 0.29) is 11.3 Å². The van der Waals surface area contributed by atoms with Crippen LogP contribution in [-0.4, -0.2) is 23.9 Å². The number of carbonyl (C=O) groups is 2. The molecule has 1 unspecified atom stereocenters. The van der Waals surface area contributed by atoms with E-state index in [0.717, 1.165) is 11.1 Å². The van der Waals surface area contributed by atoms with E-state index in [1.807, 2.05) is 26.0 Å². The van der Waals surface area contributed by atoms with E-state index in [9.17, 15) is 14.7 Å². The maximum atomic E-state index is 13.1. The van der Waals surface area contributed by atoms with Crippen molar-refractivity contribution in [1.82, 2.24) is 0 Å². The highest BCUT2D eigenvalue weighted by molar-refractivity contribution is 6.51. The lowest BCUT2D eigenvalue weighted by atomic mass is 9.96. The third-order valence-corrected chi connectivity index (χ3v) is 5.47. The molecular formula is C25H23NO5. The van der Waals surface area contributed by atoms with Gasteiger partial charge in [0.25, 0.3) is 11.7 Å². The van der Waals surface area contributed by atoms with Crippen LogP contribution in [0.25, 0.3) is 5.76 Å². The molecule has 1 atom stereocenters. The van der Waals surface area contributed by atoms with Crippen LogP contribution in [0, 0.1) is 20.8 Å². The summed E-state index contributed by atoms with van der Waals surface area (Å²) in [6, 6.07) is 15.0. The average Bonchev–Trinajstić information content (AvgIpc) is 3.30. The summed E-state index contributed by atoms with van der Waals surface area (Å²) in [7, 11) is 1.55. The van der Waals surface area contributed by atoms with Gasteiger partial charge in [-0.05, 0) is 68.8 Å². The first kappa shape index (κ1) is 20.5. The molecule has 0 saturated carbocycles. The normalized spacial score (nSPS) is 17.9. The molecule has 3 aromatic rings. The van der Waals surface area contributed by atoms with Gasteiger partial charge in [-0.2, -0.15) is 0 Å². The molecule has 0 aliphatic carbocycles. The lowest BCUT2D eigenvalue weighted by Gasteiger charge is -2.23. The van der Waals surface area contributed by atoms with Crippen LogP contribution < -0.4 is 9.64 Å². The summed E-state index contributed by atoms with van der Waals surface area (Å²) in [6.07, 6.45) is 0. The van der Waals surface area contributed by atoms with Gasteiger partial charge in [0.05, 0.1) is 12.7 Å². The number of hydrogen-bond acceptors (Lipinski definition) is 5. The summed E-state index contributed by atoms with van der Waals surface area (Å²) in [6.45, 7) is 5.54. The van der Waals surface area contributed by atoms with Crippen molar-refractivity contribution in [3.63, 3.8) is 0 Å². The zero-order valence-corrected chi connectivity index (χ0v) is 17.8. The first-order chi connectivity index (χ1) is 14.8. The van der Waals surface area contributed by atoms with Crippen molar-refractivity contribution < 1.29 is 23.8 Å². The lowest BCUT2D eigenvalue weighted by Crippen LogP contribution is -2.29. The Bertz CT molecular complexity index is 1200. The van der Waals surface area contributed by atoms with Crippen LogP contribution in [0.2, 0.25) is 0 Å². The van der Waals surface area contributed by atoms with Crippen LogP contribution in [0.5, 0.6) is 5.75 Å². The molecule has 6 nitrogen and oxygen atoms in total. The van der Waals surface area contributed by atoms with E-state index < -0.39 is 17.7 Å². The number of aliphatic hydroxyl groups excluding tert-OH is 1. The van der Waals surface area contributed by atoms with Crippen molar-refractivity contribution in [1.29, 1.82) is 0 Å². The van der Waals surface area contributed by atoms with Crippen LogP contribution in [0.4, 0.5) is 5.69 Å². The van der Waals surface area contributed by atoms with Gasteiger partial charge in [-0.1, -0.05) is 17.7 Å². The molecule has 1 saturated heterocycles. The first-order valence-electron chi connectivity index (χ1n) is 9.91. The van der Waals surface area contributed by atoms with Gasteiger partial charge in [0, 0.05) is 11.3 Å². The molecule has 1 fully saturated rings. The van der Waals surface area contributed by atoms with Gasteiger partial charge in [0.2, 0.25) is 0 Å². The summed E-state index contributed by atoms with van der Waals surface area (Å²) in [4.78, 5) is 27.6. The molecule has 1 aliphatic rings. The number of furan rings is 1. The van der Waals surface area contributed by atoms with E-state index >= 15 is 0 Å². The Hall–Kier alpha value is -3.80. The topological polar surface area (TPSA) is 80.0 Å². The molecule has 4 rings (SSSR count). The highest BCUT2D eigenvalue weighted by Crippen LogP contribution is 2.43. The van der Waals surface area contributed by atoms with Crippen LogP contribution in [0.15, 0.2) is 64.6 Å². The van der Waals surface area contributed by atoms with Crippen molar-refractivity contribution in [3.8, 4) is 5.75 Å². The minimum Gasteiger partial charge on any atom is -0.507 e. The molecule has 1 amide bonds. The number of hydrogen-bond donors (Lipinski definition) is 1. The van der Waals surface area contributed by atoms with Gasteiger partial charge >= 0.3 is 0 Å². The number of carbonyl (C=O) groups excluding carboxylic acids is 2. The zero-order valence-electron chi connectivity index (χ0n) is 17.8. The SMILES string of the molecule is COc1ccc(N2C(=O)C(=O)/C(=C(/O)c3cc(C)ccc3C)C2c2ccc(C)o2)cc1. The third kappa shape index (κ3) is 3.50. The number of rotatable bonds is 4. The molecule has 0 bridgehead atoms. The van der Waals surface area contributed by atoms with E-state index in [1.54, 1.807) is 56.5 Å². The molecule has 2 heterocycles. The number of methoxy groups -OCH3 is 1. The highest BCUT2D eigenvalue weighted by atomic mass is 16.5. The molecule has 2 aromatic carbocycles. The van der Waals surface area contributed by atoms with Crippen LogP contribution in [0.1, 0.15) is 34.3 Å². The number of ether oxygens (including phenoxy) is 1. The Morgan fingerprint density at radius 1 is 1.00 bits per heavy atom. The number of Topliss-reactive ketones (excluding diaryl/α,β-unsaturated/α-hetero) is 1. The second kappa shape index (κ2) is 7.80. The van der Waals surface area contributed by atoms with Gasteiger partial charge in [-0.15, -0.1) is 0 Å². The number of nitrogens with zero attached hydrogens (tertiary/aromatic N) is 1. The summed E-state index contributed by atoms with van der Waals surface area (Å²) < 4.78 is 11.0. The van der Waals surface area contributed by atoms with Crippen molar-refractivity contribution in [2.24, 2.45) is 0 Å². The Morgan fingerprint density at radius 3 is 2.32 bits per heavy atom. The number of benzene rings is 2. The molecular weight excluding hydrogens is 394 g/mol. The second-order valence-electron chi connectivity index (χ2n) is 7.63. The van der Waals surface area contributed by atoms with Gasteiger partial charge in [-0.25, -0.2) is 0 Å². The Balaban J connectivity index is 1.94. The van der Waals surface area contributed by atoms with Crippen molar-refractivity contribution in [2.75, 3.05) is 12.0 Å². The monoisotopic (exact) mass is 417 g/mol. The van der Waals surface area contributed by atoms with Crippen molar-refractivity contribution >= 4 is 23.1 Å². The summed E-state index contributed by atoms with van der Waals surface area (Å²) in [5.41, 5.74) is 2.75. The van der Waals surface area contributed by atoms with E-state index in [1.165, 1.54) is 4.90 Å². The third-order valence-electron chi connectivity index (χ3n) is 5.47. The summed E-state index contributed by atoms with van der Waals surface area (Å²) in [5.74, 6) is -0.0264. The molecule has 6 heteroatoms. The second-order valence-corrected chi connectivity index (χ2v) is 7.63. The first-order valence-corrected chi connectivity index (χ1v) is 9.91. The fourth-order valence-electron chi connectivity index (χ4n) is 3.85. The molecule has 0 radical (unpaired) electrons. The summed E-state index contributed by atoms with van der Waals surface area (Å²) >= 11 is 0.